The molecule has 0 amide bonds. The summed E-state index contributed by atoms with van der Waals surface area (Å²) in [6, 6.07) is 1.88. The van der Waals surface area contributed by atoms with Gasteiger partial charge >= 0.3 is 0 Å². The topological polar surface area (TPSA) is 58.9 Å². The number of thioether (sulfide) groups is 2. The summed E-state index contributed by atoms with van der Waals surface area (Å²) in [7, 11) is 0. The molecular formula is C13H14N2O2S2. The molecule has 0 spiro atoms. The van der Waals surface area contributed by atoms with Crippen molar-refractivity contribution >= 4 is 47.1 Å². The largest absolute Gasteiger partial charge is 0.240 e. The third-order valence-electron chi connectivity index (χ3n) is 2.57. The lowest BCUT2D eigenvalue weighted by Crippen LogP contribution is -1.93. The maximum atomic E-state index is 10.6. The van der Waals surface area contributed by atoms with E-state index in [0.717, 1.165) is 15.4 Å². The molecule has 100 valence electrons. The molecule has 0 aliphatic rings. The fraction of sp³-hybridized carbons (Fsp3) is 0.385. The first-order chi connectivity index (χ1) is 9.10. The molecule has 0 saturated carbocycles. The summed E-state index contributed by atoms with van der Waals surface area (Å²) >= 11 is 2.99. The Kier molecular flexibility index (Phi) is 6.06. The Labute approximate surface area is 120 Å². The standard InChI is InChI=1S/C13H14N2O2S2/c1-8(2)11-12(14-6-16)9(18-3)5-10(19-4)13(11)15-7-17/h5,8H,1-4H3. The van der Waals surface area contributed by atoms with Crippen molar-refractivity contribution in [1.82, 2.24) is 0 Å². The number of nitrogens with zero attached hydrogens (tertiary/aromatic N) is 2. The molecule has 19 heavy (non-hydrogen) atoms. The van der Waals surface area contributed by atoms with Gasteiger partial charge < -0.3 is 0 Å². The van der Waals surface area contributed by atoms with Gasteiger partial charge in [-0.15, -0.1) is 23.5 Å². The van der Waals surface area contributed by atoms with E-state index in [1.807, 2.05) is 32.4 Å². The van der Waals surface area contributed by atoms with Crippen LogP contribution in [0.3, 0.4) is 0 Å². The second kappa shape index (κ2) is 7.31. The Morgan fingerprint density at radius 1 is 1.00 bits per heavy atom. The van der Waals surface area contributed by atoms with Crippen molar-refractivity contribution < 1.29 is 9.59 Å². The molecule has 1 aromatic carbocycles. The molecule has 0 aromatic heterocycles. The second-order valence-corrected chi connectivity index (χ2v) is 5.65. The van der Waals surface area contributed by atoms with Gasteiger partial charge in [0.1, 0.15) is 0 Å². The maximum absolute atomic E-state index is 10.6. The monoisotopic (exact) mass is 294 g/mol. The van der Waals surface area contributed by atoms with E-state index >= 15 is 0 Å². The van der Waals surface area contributed by atoms with E-state index in [9.17, 15) is 9.59 Å². The van der Waals surface area contributed by atoms with E-state index in [-0.39, 0.29) is 5.92 Å². The molecule has 0 atom stereocenters. The fourth-order valence-corrected chi connectivity index (χ4v) is 3.06. The smallest absolute Gasteiger partial charge is 0.211 e. The highest BCUT2D eigenvalue weighted by atomic mass is 32.2. The zero-order valence-corrected chi connectivity index (χ0v) is 12.8. The van der Waals surface area contributed by atoms with Crippen LogP contribution in [0.1, 0.15) is 25.3 Å². The van der Waals surface area contributed by atoms with E-state index in [1.165, 1.54) is 23.5 Å². The summed E-state index contributed by atoms with van der Waals surface area (Å²) in [5.41, 5.74) is 1.87. The lowest BCUT2D eigenvalue weighted by atomic mass is 9.99. The highest BCUT2D eigenvalue weighted by Crippen LogP contribution is 2.46. The first-order valence-electron chi connectivity index (χ1n) is 5.55. The highest BCUT2D eigenvalue weighted by molar-refractivity contribution is 7.99. The SMILES string of the molecule is CSc1cc(SC)c(N=C=O)c(C(C)C)c1N=C=O. The minimum absolute atomic E-state index is 0.0807. The molecule has 0 N–H and O–H groups in total. The Balaban J connectivity index is 3.83. The fourth-order valence-electron chi connectivity index (χ4n) is 1.81. The molecule has 0 heterocycles. The third kappa shape index (κ3) is 3.37. The van der Waals surface area contributed by atoms with Gasteiger partial charge in [-0.1, -0.05) is 13.8 Å². The lowest BCUT2D eigenvalue weighted by molar-refractivity contribution is 0.564. The molecule has 0 unspecified atom stereocenters. The van der Waals surface area contributed by atoms with E-state index in [2.05, 4.69) is 9.98 Å². The van der Waals surface area contributed by atoms with Gasteiger partial charge in [0.25, 0.3) is 0 Å². The number of benzene rings is 1. The van der Waals surface area contributed by atoms with Crippen LogP contribution < -0.4 is 0 Å². The number of carbonyl (C=O) groups excluding carboxylic acids is 2. The Morgan fingerprint density at radius 3 is 1.68 bits per heavy atom. The van der Waals surface area contributed by atoms with Crippen molar-refractivity contribution in [3.63, 3.8) is 0 Å². The Hall–Kier alpha value is -1.32. The summed E-state index contributed by atoms with van der Waals surface area (Å²) in [4.78, 5) is 30.6. The Bertz CT molecular complexity index is 528. The van der Waals surface area contributed by atoms with Crippen molar-refractivity contribution in [1.29, 1.82) is 0 Å². The van der Waals surface area contributed by atoms with Crippen molar-refractivity contribution in [2.24, 2.45) is 9.98 Å². The molecular weight excluding hydrogens is 280 g/mol. The van der Waals surface area contributed by atoms with Gasteiger partial charge in [-0.3, -0.25) is 0 Å². The van der Waals surface area contributed by atoms with E-state index in [4.69, 9.17) is 0 Å². The van der Waals surface area contributed by atoms with Crippen LogP contribution in [-0.2, 0) is 9.59 Å². The lowest BCUT2D eigenvalue weighted by Gasteiger charge is -2.17. The molecule has 0 aliphatic heterocycles. The van der Waals surface area contributed by atoms with Crippen LogP contribution >= 0.6 is 23.5 Å². The molecule has 6 heteroatoms. The summed E-state index contributed by atoms with van der Waals surface area (Å²) in [6.45, 7) is 3.94. The summed E-state index contributed by atoms with van der Waals surface area (Å²) in [5, 5.41) is 0. The van der Waals surface area contributed by atoms with Crippen LogP contribution in [-0.4, -0.2) is 24.7 Å². The minimum Gasteiger partial charge on any atom is -0.211 e. The van der Waals surface area contributed by atoms with Gasteiger partial charge in [0, 0.05) is 15.4 Å². The van der Waals surface area contributed by atoms with Gasteiger partial charge in [0.15, 0.2) is 0 Å². The Morgan fingerprint density at radius 2 is 1.42 bits per heavy atom. The minimum atomic E-state index is 0.0807. The van der Waals surface area contributed by atoms with Crippen molar-refractivity contribution in [3.05, 3.63) is 11.6 Å². The molecule has 0 fully saturated rings. The number of rotatable bonds is 5. The predicted octanol–water partition coefficient (Wildman–Crippen LogP) is 4.19. The van der Waals surface area contributed by atoms with Gasteiger partial charge in [0.2, 0.25) is 12.2 Å². The summed E-state index contributed by atoms with van der Waals surface area (Å²) in [6.07, 6.45) is 6.98. The average molecular weight is 294 g/mol. The van der Waals surface area contributed by atoms with Crippen molar-refractivity contribution in [3.8, 4) is 0 Å². The average Bonchev–Trinajstić information content (AvgIpc) is 2.39. The van der Waals surface area contributed by atoms with Crippen LogP contribution in [0.2, 0.25) is 0 Å². The highest BCUT2D eigenvalue weighted by Gasteiger charge is 2.19. The van der Waals surface area contributed by atoms with Gasteiger partial charge in [0.05, 0.1) is 11.4 Å². The molecule has 0 saturated heterocycles. The molecule has 0 aliphatic carbocycles. The number of hydrogen-bond donors (Lipinski definition) is 0. The quantitative estimate of drug-likeness (QED) is 0.464. The van der Waals surface area contributed by atoms with Crippen LogP contribution in [0.4, 0.5) is 11.4 Å². The van der Waals surface area contributed by atoms with Crippen molar-refractivity contribution in [2.75, 3.05) is 12.5 Å². The molecule has 0 radical (unpaired) electrons. The zero-order valence-electron chi connectivity index (χ0n) is 11.2. The number of hydrogen-bond acceptors (Lipinski definition) is 6. The zero-order chi connectivity index (χ0) is 14.4. The van der Waals surface area contributed by atoms with Gasteiger partial charge in [-0.2, -0.15) is 9.98 Å². The molecule has 4 nitrogen and oxygen atoms in total. The second-order valence-electron chi connectivity index (χ2n) is 3.95. The normalized spacial score (nSPS) is 9.95. The van der Waals surface area contributed by atoms with Gasteiger partial charge in [-0.25, -0.2) is 9.59 Å². The van der Waals surface area contributed by atoms with Crippen LogP contribution in [0, 0.1) is 0 Å². The van der Waals surface area contributed by atoms with Crippen molar-refractivity contribution in [2.45, 2.75) is 29.6 Å². The molecule has 1 aromatic rings. The number of aliphatic imine (C=N–C) groups is 2. The summed E-state index contributed by atoms with van der Waals surface area (Å²) in [5.74, 6) is 0.0807. The van der Waals surface area contributed by atoms with Crippen LogP contribution in [0.25, 0.3) is 0 Å². The van der Waals surface area contributed by atoms with E-state index in [0.29, 0.717) is 11.4 Å². The van der Waals surface area contributed by atoms with E-state index < -0.39 is 0 Å². The maximum Gasteiger partial charge on any atom is 0.240 e. The third-order valence-corrected chi connectivity index (χ3v) is 4.07. The van der Waals surface area contributed by atoms with Gasteiger partial charge in [-0.05, 0) is 24.5 Å². The number of isocyanates is 2. The molecule has 1 rings (SSSR count). The first-order valence-corrected chi connectivity index (χ1v) is 8.00. The van der Waals surface area contributed by atoms with Crippen LogP contribution in [0.5, 0.6) is 0 Å². The van der Waals surface area contributed by atoms with E-state index in [1.54, 1.807) is 12.2 Å². The first kappa shape index (κ1) is 15.7. The predicted molar refractivity (Wildman–Crippen MR) is 79.7 cm³/mol. The molecule has 0 bridgehead atoms. The van der Waals surface area contributed by atoms with Crippen LogP contribution in [0.15, 0.2) is 25.8 Å². The summed E-state index contributed by atoms with van der Waals surface area (Å²) < 4.78 is 0.